The SMILES string of the molecule is CC(C)[C@@](C)(C#N)NC(=O)COC(=O)/C=C/c1ccccc1Cl. The Morgan fingerprint density at radius 3 is 2.65 bits per heavy atom. The summed E-state index contributed by atoms with van der Waals surface area (Å²) in [7, 11) is 0. The number of carbonyl (C=O) groups is 2. The zero-order chi connectivity index (χ0) is 17.5. The highest BCUT2D eigenvalue weighted by atomic mass is 35.5. The van der Waals surface area contributed by atoms with Crippen LogP contribution >= 0.6 is 11.6 Å². The summed E-state index contributed by atoms with van der Waals surface area (Å²) >= 11 is 5.96. The molecule has 0 aliphatic carbocycles. The van der Waals surface area contributed by atoms with Gasteiger partial charge in [0.1, 0.15) is 5.54 Å². The van der Waals surface area contributed by atoms with Crippen LogP contribution in [0.25, 0.3) is 6.08 Å². The maximum atomic E-state index is 11.8. The van der Waals surface area contributed by atoms with Crippen LogP contribution in [0, 0.1) is 17.2 Å². The van der Waals surface area contributed by atoms with E-state index >= 15 is 0 Å². The summed E-state index contributed by atoms with van der Waals surface area (Å²) in [6.45, 7) is 4.81. The molecule has 0 aromatic heterocycles. The van der Waals surface area contributed by atoms with Gasteiger partial charge < -0.3 is 10.1 Å². The van der Waals surface area contributed by atoms with Gasteiger partial charge in [-0.1, -0.05) is 43.6 Å². The average molecular weight is 335 g/mol. The molecule has 0 aliphatic heterocycles. The van der Waals surface area contributed by atoms with E-state index < -0.39 is 24.0 Å². The van der Waals surface area contributed by atoms with E-state index in [1.807, 2.05) is 19.9 Å². The Bertz CT molecular complexity index is 649. The number of benzene rings is 1. The first-order chi connectivity index (χ1) is 10.8. The van der Waals surface area contributed by atoms with Crippen molar-refractivity contribution in [3.63, 3.8) is 0 Å². The maximum Gasteiger partial charge on any atom is 0.331 e. The van der Waals surface area contributed by atoms with Crippen molar-refractivity contribution in [3.8, 4) is 6.07 Å². The van der Waals surface area contributed by atoms with Crippen molar-refractivity contribution >= 4 is 29.6 Å². The zero-order valence-electron chi connectivity index (χ0n) is 13.3. The number of halogens is 1. The van der Waals surface area contributed by atoms with E-state index in [2.05, 4.69) is 5.32 Å². The van der Waals surface area contributed by atoms with Crippen molar-refractivity contribution < 1.29 is 14.3 Å². The fourth-order valence-electron chi connectivity index (χ4n) is 1.58. The third-order valence-electron chi connectivity index (χ3n) is 3.44. The molecule has 0 bridgehead atoms. The molecule has 1 aromatic carbocycles. The minimum Gasteiger partial charge on any atom is -0.452 e. The monoisotopic (exact) mass is 334 g/mol. The van der Waals surface area contributed by atoms with E-state index in [4.69, 9.17) is 21.6 Å². The van der Waals surface area contributed by atoms with Crippen LogP contribution < -0.4 is 5.32 Å². The molecule has 0 saturated carbocycles. The van der Waals surface area contributed by atoms with Gasteiger partial charge in [0.15, 0.2) is 6.61 Å². The summed E-state index contributed by atoms with van der Waals surface area (Å²) in [5, 5.41) is 12.2. The molecule has 1 aromatic rings. The molecular formula is C17H19ClN2O3. The number of esters is 1. The molecule has 0 unspecified atom stereocenters. The van der Waals surface area contributed by atoms with Crippen LogP contribution in [0.15, 0.2) is 30.3 Å². The highest BCUT2D eigenvalue weighted by Crippen LogP contribution is 2.16. The summed E-state index contributed by atoms with van der Waals surface area (Å²) < 4.78 is 4.85. The van der Waals surface area contributed by atoms with Crippen molar-refractivity contribution in [2.75, 3.05) is 6.61 Å². The van der Waals surface area contributed by atoms with Crippen LogP contribution in [0.5, 0.6) is 0 Å². The van der Waals surface area contributed by atoms with Gasteiger partial charge in [0.05, 0.1) is 6.07 Å². The topological polar surface area (TPSA) is 79.2 Å². The first kappa shape index (κ1) is 18.7. The predicted octanol–water partition coefficient (Wildman–Crippen LogP) is 2.95. The van der Waals surface area contributed by atoms with E-state index in [0.29, 0.717) is 10.6 Å². The fraction of sp³-hybridized carbons (Fsp3) is 0.353. The van der Waals surface area contributed by atoms with Crippen LogP contribution in [0.4, 0.5) is 0 Å². The second-order valence-electron chi connectivity index (χ2n) is 5.48. The molecule has 5 nitrogen and oxygen atoms in total. The van der Waals surface area contributed by atoms with Gasteiger partial charge in [-0.3, -0.25) is 4.79 Å². The molecular weight excluding hydrogens is 316 g/mol. The van der Waals surface area contributed by atoms with E-state index in [1.165, 1.54) is 12.2 Å². The zero-order valence-corrected chi connectivity index (χ0v) is 14.1. The summed E-state index contributed by atoms with van der Waals surface area (Å²) in [6.07, 6.45) is 2.70. The molecule has 0 spiro atoms. The number of hydrogen-bond acceptors (Lipinski definition) is 4. The van der Waals surface area contributed by atoms with E-state index in [0.717, 1.165) is 0 Å². The smallest absolute Gasteiger partial charge is 0.331 e. The lowest BCUT2D eigenvalue weighted by atomic mass is 9.90. The lowest BCUT2D eigenvalue weighted by molar-refractivity contribution is -0.144. The van der Waals surface area contributed by atoms with Crippen LogP contribution in [0.1, 0.15) is 26.3 Å². The molecule has 1 rings (SSSR count). The molecule has 23 heavy (non-hydrogen) atoms. The summed E-state index contributed by atoms with van der Waals surface area (Å²) in [5.41, 5.74) is -0.330. The molecule has 1 atom stereocenters. The maximum absolute atomic E-state index is 11.8. The Balaban J connectivity index is 2.52. The van der Waals surface area contributed by atoms with E-state index in [-0.39, 0.29) is 5.92 Å². The number of hydrogen-bond donors (Lipinski definition) is 1. The Labute approximate surface area is 140 Å². The number of nitrogens with zero attached hydrogens (tertiary/aromatic N) is 1. The second-order valence-corrected chi connectivity index (χ2v) is 5.89. The number of ether oxygens (including phenoxy) is 1. The first-order valence-corrected chi connectivity index (χ1v) is 7.48. The molecule has 0 radical (unpaired) electrons. The third kappa shape index (κ3) is 5.76. The Kier molecular flexibility index (Phi) is 6.80. The van der Waals surface area contributed by atoms with Crippen molar-refractivity contribution in [2.45, 2.75) is 26.3 Å². The molecule has 6 heteroatoms. The minimum absolute atomic E-state index is 0.0766. The van der Waals surface area contributed by atoms with Crippen LogP contribution in [0.3, 0.4) is 0 Å². The fourth-order valence-corrected chi connectivity index (χ4v) is 1.78. The second kappa shape index (κ2) is 8.35. The average Bonchev–Trinajstić information content (AvgIpc) is 2.51. The van der Waals surface area contributed by atoms with Gasteiger partial charge in [-0.2, -0.15) is 5.26 Å². The molecule has 1 amide bonds. The van der Waals surface area contributed by atoms with Crippen molar-refractivity contribution in [1.29, 1.82) is 5.26 Å². The number of amides is 1. The standard InChI is InChI=1S/C17H19ClN2O3/c1-12(2)17(3,11-19)20-15(21)10-23-16(22)9-8-13-6-4-5-7-14(13)18/h4-9,12H,10H2,1-3H3,(H,20,21)/b9-8+/t17-/m1/s1. The van der Waals surface area contributed by atoms with E-state index in [9.17, 15) is 9.59 Å². The highest BCUT2D eigenvalue weighted by molar-refractivity contribution is 6.32. The number of carbonyl (C=O) groups excluding carboxylic acids is 2. The molecule has 122 valence electrons. The third-order valence-corrected chi connectivity index (χ3v) is 3.78. The summed E-state index contributed by atoms with van der Waals surface area (Å²) in [6, 6.07) is 9.07. The number of rotatable bonds is 6. The van der Waals surface area contributed by atoms with Crippen LogP contribution in [-0.2, 0) is 14.3 Å². The predicted molar refractivity (Wildman–Crippen MR) is 88.4 cm³/mol. The van der Waals surface area contributed by atoms with Crippen molar-refractivity contribution in [2.24, 2.45) is 5.92 Å². The molecule has 0 heterocycles. The van der Waals surface area contributed by atoms with Gasteiger partial charge in [-0.25, -0.2) is 4.79 Å². The van der Waals surface area contributed by atoms with Crippen LogP contribution in [0.2, 0.25) is 5.02 Å². The van der Waals surface area contributed by atoms with E-state index in [1.54, 1.807) is 31.2 Å². The lowest BCUT2D eigenvalue weighted by Crippen LogP contribution is -2.50. The summed E-state index contributed by atoms with van der Waals surface area (Å²) in [5.74, 6) is -1.27. The summed E-state index contributed by atoms with van der Waals surface area (Å²) in [4.78, 5) is 23.4. The Hall–Kier alpha value is -2.32. The van der Waals surface area contributed by atoms with Crippen molar-refractivity contribution in [1.82, 2.24) is 5.32 Å². The molecule has 0 fully saturated rings. The minimum atomic E-state index is -1.00. The largest absolute Gasteiger partial charge is 0.452 e. The van der Waals surface area contributed by atoms with Gasteiger partial charge in [0.25, 0.3) is 5.91 Å². The molecule has 0 aliphatic rings. The van der Waals surface area contributed by atoms with Gasteiger partial charge in [0.2, 0.25) is 0 Å². The van der Waals surface area contributed by atoms with Crippen LogP contribution in [-0.4, -0.2) is 24.0 Å². The lowest BCUT2D eigenvalue weighted by Gasteiger charge is -2.27. The first-order valence-electron chi connectivity index (χ1n) is 7.10. The highest BCUT2D eigenvalue weighted by Gasteiger charge is 2.30. The van der Waals surface area contributed by atoms with Gasteiger partial charge in [-0.15, -0.1) is 0 Å². The van der Waals surface area contributed by atoms with Gasteiger partial charge in [-0.05, 0) is 30.5 Å². The normalized spacial score (nSPS) is 13.4. The van der Waals surface area contributed by atoms with Gasteiger partial charge in [0, 0.05) is 11.1 Å². The number of nitrogens with one attached hydrogen (secondary N) is 1. The molecule has 0 saturated heterocycles. The number of nitriles is 1. The van der Waals surface area contributed by atoms with Gasteiger partial charge >= 0.3 is 5.97 Å². The molecule has 1 N–H and O–H groups in total. The Morgan fingerprint density at radius 1 is 1.43 bits per heavy atom. The quantitative estimate of drug-likeness (QED) is 0.640. The Morgan fingerprint density at radius 2 is 2.09 bits per heavy atom. The van der Waals surface area contributed by atoms with Crippen molar-refractivity contribution in [3.05, 3.63) is 40.9 Å².